The highest BCUT2D eigenvalue weighted by atomic mass is 14.3. The van der Waals surface area contributed by atoms with E-state index in [0.29, 0.717) is 5.41 Å². The lowest BCUT2D eigenvalue weighted by Gasteiger charge is -2.35. The van der Waals surface area contributed by atoms with E-state index in [1.165, 1.54) is 12.8 Å². The summed E-state index contributed by atoms with van der Waals surface area (Å²) in [6.07, 6.45) is 5.02. The van der Waals surface area contributed by atoms with Crippen molar-refractivity contribution in [2.24, 2.45) is 11.3 Å². The maximum Gasteiger partial charge on any atom is -0.0183 e. The van der Waals surface area contributed by atoms with Crippen molar-refractivity contribution < 1.29 is 0 Å². The van der Waals surface area contributed by atoms with Gasteiger partial charge in [0.1, 0.15) is 0 Å². The predicted octanol–water partition coefficient (Wildman–Crippen LogP) is 3.39. The molecule has 0 bridgehead atoms. The maximum atomic E-state index is 2.38. The fraction of sp³-hybridized carbons (Fsp3) is 0.800. The van der Waals surface area contributed by atoms with Crippen molar-refractivity contribution in [3.8, 4) is 0 Å². The van der Waals surface area contributed by atoms with Gasteiger partial charge in [0.2, 0.25) is 0 Å². The second-order valence-corrected chi connectivity index (χ2v) is 4.20. The highest BCUT2D eigenvalue weighted by Gasteiger charge is 2.28. The van der Waals surface area contributed by atoms with Crippen LogP contribution in [0.1, 0.15) is 40.5 Å². The van der Waals surface area contributed by atoms with E-state index in [9.17, 15) is 0 Å². The van der Waals surface area contributed by atoms with E-state index in [4.69, 9.17) is 0 Å². The lowest BCUT2D eigenvalue weighted by atomic mass is 9.70. The third-order valence-electron chi connectivity index (χ3n) is 3.11. The molecule has 0 amide bonds. The van der Waals surface area contributed by atoms with Gasteiger partial charge in [0, 0.05) is 0 Å². The maximum absolute atomic E-state index is 2.38. The van der Waals surface area contributed by atoms with Gasteiger partial charge in [-0.25, -0.2) is 0 Å². The van der Waals surface area contributed by atoms with Crippen LogP contribution in [0.25, 0.3) is 0 Å². The van der Waals surface area contributed by atoms with Gasteiger partial charge in [0.25, 0.3) is 0 Å². The normalized spacial score (nSPS) is 31.6. The molecule has 1 atom stereocenters. The van der Waals surface area contributed by atoms with Crippen molar-refractivity contribution >= 4 is 0 Å². The van der Waals surface area contributed by atoms with Crippen LogP contribution in [0, 0.1) is 11.3 Å². The molecule has 0 nitrogen and oxygen atoms in total. The van der Waals surface area contributed by atoms with Gasteiger partial charge in [-0.2, -0.15) is 0 Å². The van der Waals surface area contributed by atoms with Crippen LogP contribution in [0.2, 0.25) is 0 Å². The first-order chi connectivity index (χ1) is 4.54. The molecule has 1 aliphatic carbocycles. The average molecular weight is 138 g/mol. The fourth-order valence-electron chi connectivity index (χ4n) is 1.68. The minimum atomic E-state index is 0.541. The molecule has 1 aliphatic rings. The molecular weight excluding hydrogens is 120 g/mol. The van der Waals surface area contributed by atoms with Gasteiger partial charge in [0.05, 0.1) is 0 Å². The third kappa shape index (κ3) is 1.25. The van der Waals surface area contributed by atoms with Gasteiger partial charge < -0.3 is 0 Å². The molecule has 0 aromatic rings. The summed E-state index contributed by atoms with van der Waals surface area (Å²) in [4.78, 5) is 0. The van der Waals surface area contributed by atoms with Crippen LogP contribution >= 0.6 is 0 Å². The Kier molecular flexibility index (Phi) is 1.89. The van der Waals surface area contributed by atoms with Gasteiger partial charge >= 0.3 is 0 Å². The highest BCUT2D eigenvalue weighted by molar-refractivity contribution is 5.10. The monoisotopic (exact) mass is 138 g/mol. The van der Waals surface area contributed by atoms with E-state index >= 15 is 0 Å². The van der Waals surface area contributed by atoms with Gasteiger partial charge in [-0.1, -0.05) is 32.4 Å². The van der Waals surface area contributed by atoms with Crippen LogP contribution in [0.15, 0.2) is 11.6 Å². The van der Waals surface area contributed by atoms with E-state index in [1.54, 1.807) is 5.57 Å². The molecule has 0 heterocycles. The topological polar surface area (TPSA) is 0 Å². The van der Waals surface area contributed by atoms with E-state index in [2.05, 4.69) is 33.8 Å². The van der Waals surface area contributed by atoms with Crippen LogP contribution in [0.3, 0.4) is 0 Å². The first kappa shape index (κ1) is 7.84. The summed E-state index contributed by atoms with van der Waals surface area (Å²) >= 11 is 0. The van der Waals surface area contributed by atoms with Crippen LogP contribution in [0.5, 0.6) is 0 Å². The molecular formula is C10H18. The van der Waals surface area contributed by atoms with E-state index in [0.717, 1.165) is 5.92 Å². The molecule has 0 fully saturated rings. The van der Waals surface area contributed by atoms with Gasteiger partial charge in [-0.05, 0) is 31.1 Å². The molecule has 10 heavy (non-hydrogen) atoms. The Hall–Kier alpha value is -0.260. The third-order valence-corrected chi connectivity index (χ3v) is 3.11. The van der Waals surface area contributed by atoms with Crippen molar-refractivity contribution in [1.82, 2.24) is 0 Å². The van der Waals surface area contributed by atoms with Crippen molar-refractivity contribution in [3.63, 3.8) is 0 Å². The Balaban J connectivity index is 2.78. The zero-order chi connectivity index (χ0) is 7.78. The quantitative estimate of drug-likeness (QED) is 0.450. The molecule has 0 N–H and O–H groups in total. The zero-order valence-electron chi connectivity index (χ0n) is 7.57. The molecule has 0 heteroatoms. The Bertz CT molecular complexity index is 151. The molecule has 1 rings (SSSR count). The summed E-state index contributed by atoms with van der Waals surface area (Å²) in [5, 5.41) is 0. The molecule has 58 valence electrons. The van der Waals surface area contributed by atoms with Crippen molar-refractivity contribution in [2.45, 2.75) is 40.5 Å². The molecule has 0 radical (unpaired) electrons. The fourth-order valence-corrected chi connectivity index (χ4v) is 1.68. The van der Waals surface area contributed by atoms with Gasteiger partial charge in [-0.3, -0.25) is 0 Å². The van der Waals surface area contributed by atoms with Crippen LogP contribution in [-0.2, 0) is 0 Å². The van der Waals surface area contributed by atoms with Crippen LogP contribution < -0.4 is 0 Å². The minimum absolute atomic E-state index is 0.541. The predicted molar refractivity (Wildman–Crippen MR) is 45.9 cm³/mol. The molecule has 0 aromatic heterocycles. The zero-order valence-corrected chi connectivity index (χ0v) is 7.57. The highest BCUT2D eigenvalue weighted by Crippen LogP contribution is 2.39. The summed E-state index contributed by atoms with van der Waals surface area (Å²) in [5.41, 5.74) is 2.12. The number of hydrogen-bond donors (Lipinski definition) is 0. The number of allylic oxidation sites excluding steroid dienone is 2. The minimum Gasteiger partial charge on any atom is -0.0853 e. The summed E-state index contributed by atoms with van der Waals surface area (Å²) in [6, 6.07) is 0. The van der Waals surface area contributed by atoms with E-state index < -0.39 is 0 Å². The van der Waals surface area contributed by atoms with Crippen molar-refractivity contribution in [1.29, 1.82) is 0 Å². The largest absolute Gasteiger partial charge is 0.0853 e. The summed E-state index contributed by atoms with van der Waals surface area (Å²) in [5.74, 6) is 0.779. The SMILES string of the molecule is CC1=CCCC(C)(C)[C@@H]1C. The van der Waals surface area contributed by atoms with E-state index in [-0.39, 0.29) is 0 Å². The van der Waals surface area contributed by atoms with Gasteiger partial charge in [-0.15, -0.1) is 0 Å². The molecule has 0 aromatic carbocycles. The number of hydrogen-bond acceptors (Lipinski definition) is 0. The van der Waals surface area contributed by atoms with Crippen LogP contribution in [-0.4, -0.2) is 0 Å². The van der Waals surface area contributed by atoms with Crippen molar-refractivity contribution in [3.05, 3.63) is 11.6 Å². The molecule has 0 unspecified atom stereocenters. The molecule has 0 spiro atoms. The van der Waals surface area contributed by atoms with Crippen molar-refractivity contribution in [2.75, 3.05) is 0 Å². The number of rotatable bonds is 0. The van der Waals surface area contributed by atoms with Crippen LogP contribution in [0.4, 0.5) is 0 Å². The average Bonchev–Trinajstić information content (AvgIpc) is 1.83. The Morgan fingerprint density at radius 2 is 2.10 bits per heavy atom. The Labute approximate surface area is 64.3 Å². The molecule has 0 saturated carbocycles. The smallest absolute Gasteiger partial charge is 0.0183 e. The molecule has 0 saturated heterocycles. The van der Waals surface area contributed by atoms with Gasteiger partial charge in [0.15, 0.2) is 0 Å². The van der Waals surface area contributed by atoms with E-state index in [1.807, 2.05) is 0 Å². The Morgan fingerprint density at radius 3 is 2.50 bits per heavy atom. The summed E-state index contributed by atoms with van der Waals surface area (Å²) in [7, 11) is 0. The molecule has 0 aliphatic heterocycles. The summed E-state index contributed by atoms with van der Waals surface area (Å²) < 4.78 is 0. The summed E-state index contributed by atoms with van der Waals surface area (Å²) in [6.45, 7) is 9.33. The standard InChI is InChI=1S/C10H18/c1-8-6-5-7-10(3,4)9(8)2/h6,9H,5,7H2,1-4H3/t9-/m1/s1. The lowest BCUT2D eigenvalue weighted by molar-refractivity contribution is 0.231. The lowest BCUT2D eigenvalue weighted by Crippen LogP contribution is -2.25. The first-order valence-corrected chi connectivity index (χ1v) is 4.21. The second kappa shape index (κ2) is 2.41. The first-order valence-electron chi connectivity index (χ1n) is 4.21. The second-order valence-electron chi connectivity index (χ2n) is 4.20. The Morgan fingerprint density at radius 1 is 1.50 bits per heavy atom.